The topological polar surface area (TPSA) is 77.1 Å². The van der Waals surface area contributed by atoms with Crippen LogP contribution < -0.4 is 10.2 Å². The van der Waals surface area contributed by atoms with Crippen LogP contribution in [0.25, 0.3) is 10.9 Å². The fourth-order valence-electron chi connectivity index (χ4n) is 3.81. The maximum absolute atomic E-state index is 12.7. The Balaban J connectivity index is 1.39. The number of benzene rings is 1. The molecule has 0 unspecified atom stereocenters. The van der Waals surface area contributed by atoms with E-state index in [4.69, 9.17) is 0 Å². The third kappa shape index (κ3) is 4.40. The van der Waals surface area contributed by atoms with Gasteiger partial charge in [-0.25, -0.2) is 9.97 Å². The first-order valence-corrected chi connectivity index (χ1v) is 10.3. The molecule has 7 nitrogen and oxygen atoms in total. The predicted molar refractivity (Wildman–Crippen MR) is 115 cm³/mol. The average molecular weight is 393 g/mol. The number of anilines is 1. The van der Waals surface area contributed by atoms with Crippen LogP contribution in [0, 0.1) is 6.92 Å². The number of fused-ring (bicyclic) bond motifs is 1. The summed E-state index contributed by atoms with van der Waals surface area (Å²) < 4.78 is 0. The van der Waals surface area contributed by atoms with Crippen molar-refractivity contribution in [3.05, 3.63) is 53.5 Å². The molecular weight excluding hydrogens is 364 g/mol. The van der Waals surface area contributed by atoms with E-state index in [0.29, 0.717) is 18.2 Å². The lowest BCUT2D eigenvalue weighted by atomic mass is 10.1. The van der Waals surface area contributed by atoms with Gasteiger partial charge in [0.25, 0.3) is 5.91 Å². The van der Waals surface area contributed by atoms with E-state index < -0.39 is 0 Å². The molecule has 0 bridgehead atoms. The molecule has 3 heterocycles. The molecule has 0 radical (unpaired) electrons. The molecule has 4 rings (SSSR count). The van der Waals surface area contributed by atoms with Gasteiger partial charge in [-0.05, 0) is 37.6 Å². The largest absolute Gasteiger partial charge is 0.361 e. The van der Waals surface area contributed by atoms with Gasteiger partial charge in [-0.15, -0.1) is 0 Å². The lowest BCUT2D eigenvalue weighted by molar-refractivity contribution is 0.0949. The van der Waals surface area contributed by atoms with E-state index in [-0.39, 0.29) is 5.91 Å². The Labute approximate surface area is 171 Å². The highest BCUT2D eigenvalue weighted by molar-refractivity contribution is 5.92. The number of amides is 1. The van der Waals surface area contributed by atoms with Crippen LogP contribution in [0.2, 0.25) is 0 Å². The number of carbonyl (C=O) groups is 1. The fraction of sp³-hybridized carbons (Fsp3) is 0.409. The highest BCUT2D eigenvalue weighted by atomic mass is 16.1. The van der Waals surface area contributed by atoms with Crippen molar-refractivity contribution >= 4 is 22.8 Å². The second-order valence-electron chi connectivity index (χ2n) is 7.48. The minimum Gasteiger partial charge on any atom is -0.361 e. The van der Waals surface area contributed by atoms with Gasteiger partial charge in [0.05, 0.1) is 0 Å². The van der Waals surface area contributed by atoms with Crippen molar-refractivity contribution in [1.29, 1.82) is 0 Å². The molecule has 2 N–H and O–H groups in total. The van der Waals surface area contributed by atoms with Crippen molar-refractivity contribution in [1.82, 2.24) is 25.2 Å². The third-order valence-corrected chi connectivity index (χ3v) is 5.53. The number of nitrogens with zero attached hydrogens (tertiary/aromatic N) is 4. The quantitative estimate of drug-likeness (QED) is 0.674. The van der Waals surface area contributed by atoms with Crippen molar-refractivity contribution in [3.63, 3.8) is 0 Å². The van der Waals surface area contributed by atoms with Crippen LogP contribution in [0.3, 0.4) is 0 Å². The number of para-hydroxylation sites is 1. The summed E-state index contributed by atoms with van der Waals surface area (Å²) in [6.45, 7) is 9.49. The smallest absolute Gasteiger partial charge is 0.270 e. The molecule has 0 atom stereocenters. The fourth-order valence-corrected chi connectivity index (χ4v) is 3.81. The second-order valence-corrected chi connectivity index (χ2v) is 7.48. The van der Waals surface area contributed by atoms with Gasteiger partial charge in [0.2, 0.25) is 5.95 Å². The number of aromatic amines is 1. The number of H-pyrrole nitrogens is 1. The summed E-state index contributed by atoms with van der Waals surface area (Å²) in [5.41, 5.74) is 3.57. The third-order valence-electron chi connectivity index (χ3n) is 5.53. The zero-order valence-electron chi connectivity index (χ0n) is 17.1. The molecule has 3 aromatic rings. The highest BCUT2D eigenvalue weighted by Crippen LogP contribution is 2.18. The number of hydrogen-bond donors (Lipinski definition) is 2. The van der Waals surface area contributed by atoms with Crippen LogP contribution >= 0.6 is 0 Å². The van der Waals surface area contributed by atoms with E-state index >= 15 is 0 Å². The Bertz CT molecular complexity index is 990. The van der Waals surface area contributed by atoms with E-state index in [0.717, 1.165) is 50.4 Å². The monoisotopic (exact) mass is 392 g/mol. The molecule has 1 aliphatic heterocycles. The minimum absolute atomic E-state index is 0.149. The second kappa shape index (κ2) is 8.61. The Morgan fingerprint density at radius 3 is 2.76 bits per heavy atom. The molecule has 0 saturated carbocycles. The summed E-state index contributed by atoms with van der Waals surface area (Å²) in [6.07, 6.45) is 2.78. The van der Waals surface area contributed by atoms with Crippen molar-refractivity contribution in [2.24, 2.45) is 0 Å². The van der Waals surface area contributed by atoms with Crippen LogP contribution in [0.1, 0.15) is 28.7 Å². The molecule has 29 heavy (non-hydrogen) atoms. The van der Waals surface area contributed by atoms with Crippen molar-refractivity contribution in [2.45, 2.75) is 20.3 Å². The standard InChI is InChI=1S/C22H28N6O/c1-3-27-10-12-28(13-11-27)22-25-16(2)14-20(26-22)21(29)23-9-8-17-15-24-19-7-5-4-6-18(17)19/h4-7,14-15,24H,3,8-13H2,1-2H3,(H,23,29). The maximum atomic E-state index is 12.7. The molecular formula is C22H28N6O. The van der Waals surface area contributed by atoms with Crippen molar-refractivity contribution in [3.8, 4) is 0 Å². The SMILES string of the molecule is CCN1CCN(c2nc(C)cc(C(=O)NCCc3c[nH]c4ccccc34)n2)CC1. The molecule has 1 aromatic carbocycles. The number of rotatable bonds is 6. The van der Waals surface area contributed by atoms with Gasteiger partial charge in [0, 0.05) is 55.5 Å². The first-order chi connectivity index (χ1) is 14.1. The summed E-state index contributed by atoms with van der Waals surface area (Å²) in [5, 5.41) is 4.21. The number of carbonyl (C=O) groups excluding carboxylic acids is 1. The number of likely N-dealkylation sites (N-methyl/N-ethyl adjacent to an activating group) is 1. The number of piperazine rings is 1. The van der Waals surface area contributed by atoms with Crippen LogP contribution in [-0.4, -0.2) is 65.0 Å². The number of aryl methyl sites for hydroxylation is 1. The normalized spacial score (nSPS) is 15.0. The lowest BCUT2D eigenvalue weighted by Crippen LogP contribution is -2.47. The summed E-state index contributed by atoms with van der Waals surface area (Å²) in [4.78, 5) is 29.6. The molecule has 7 heteroatoms. The van der Waals surface area contributed by atoms with Gasteiger partial charge in [0.15, 0.2) is 0 Å². The summed E-state index contributed by atoms with van der Waals surface area (Å²) in [6, 6.07) is 9.96. The maximum Gasteiger partial charge on any atom is 0.270 e. The predicted octanol–water partition coefficient (Wildman–Crippen LogP) is 2.38. The Kier molecular flexibility index (Phi) is 5.76. The highest BCUT2D eigenvalue weighted by Gasteiger charge is 2.20. The van der Waals surface area contributed by atoms with Gasteiger partial charge in [-0.3, -0.25) is 4.79 Å². The van der Waals surface area contributed by atoms with Crippen molar-refractivity contribution < 1.29 is 4.79 Å². The van der Waals surface area contributed by atoms with E-state index in [1.165, 1.54) is 10.9 Å². The number of nitrogens with one attached hydrogen (secondary N) is 2. The van der Waals surface area contributed by atoms with E-state index in [2.05, 4.69) is 49.1 Å². The van der Waals surface area contributed by atoms with Gasteiger partial charge in [-0.2, -0.15) is 0 Å². The minimum atomic E-state index is -0.149. The Morgan fingerprint density at radius 1 is 1.17 bits per heavy atom. The van der Waals surface area contributed by atoms with Crippen LogP contribution in [0.15, 0.2) is 36.5 Å². The van der Waals surface area contributed by atoms with Crippen molar-refractivity contribution in [2.75, 3.05) is 44.2 Å². The molecule has 0 spiro atoms. The molecule has 0 aliphatic carbocycles. The van der Waals surface area contributed by atoms with E-state index in [9.17, 15) is 4.79 Å². The molecule has 1 amide bonds. The van der Waals surface area contributed by atoms with E-state index in [1.54, 1.807) is 6.07 Å². The van der Waals surface area contributed by atoms with Gasteiger partial charge >= 0.3 is 0 Å². The zero-order valence-corrected chi connectivity index (χ0v) is 17.1. The van der Waals surface area contributed by atoms with Crippen LogP contribution in [0.5, 0.6) is 0 Å². The van der Waals surface area contributed by atoms with Crippen LogP contribution in [0.4, 0.5) is 5.95 Å². The first kappa shape index (κ1) is 19.4. The zero-order chi connectivity index (χ0) is 20.2. The van der Waals surface area contributed by atoms with Crippen LogP contribution in [-0.2, 0) is 6.42 Å². The van der Waals surface area contributed by atoms with Gasteiger partial charge in [0.1, 0.15) is 5.69 Å². The Hall–Kier alpha value is -2.93. The first-order valence-electron chi connectivity index (χ1n) is 10.3. The molecule has 1 saturated heterocycles. The molecule has 152 valence electrons. The summed E-state index contributed by atoms with van der Waals surface area (Å²) in [7, 11) is 0. The Morgan fingerprint density at radius 2 is 1.97 bits per heavy atom. The average Bonchev–Trinajstić information content (AvgIpc) is 3.16. The van der Waals surface area contributed by atoms with Gasteiger partial charge in [-0.1, -0.05) is 25.1 Å². The van der Waals surface area contributed by atoms with Gasteiger partial charge < -0.3 is 20.1 Å². The molecule has 1 aliphatic rings. The molecule has 1 fully saturated rings. The summed E-state index contributed by atoms with van der Waals surface area (Å²) >= 11 is 0. The lowest BCUT2D eigenvalue weighted by Gasteiger charge is -2.34. The summed E-state index contributed by atoms with van der Waals surface area (Å²) in [5.74, 6) is 0.506. The number of aromatic nitrogens is 3. The van der Waals surface area contributed by atoms with E-state index in [1.807, 2.05) is 25.3 Å². The number of hydrogen-bond acceptors (Lipinski definition) is 5. The molecule has 2 aromatic heterocycles.